The maximum atomic E-state index is 10.6. The molecular formula is C9H8ClN3O3. The molecule has 7 heteroatoms. The first kappa shape index (κ1) is 12.2. The summed E-state index contributed by atoms with van der Waals surface area (Å²) in [7, 11) is 0. The van der Waals surface area contributed by atoms with Crippen molar-refractivity contribution < 1.29 is 10.0 Å². The van der Waals surface area contributed by atoms with E-state index in [1.807, 2.05) is 0 Å². The maximum Gasteiger partial charge on any atom is 0.312 e. The molecule has 0 spiro atoms. The molecule has 0 fully saturated rings. The first-order chi connectivity index (χ1) is 7.56. The zero-order valence-corrected chi connectivity index (χ0v) is 8.86. The smallest absolute Gasteiger partial charge is 0.312 e. The fourth-order valence-corrected chi connectivity index (χ4v) is 1.13. The Labute approximate surface area is 96.2 Å². The second kappa shape index (κ2) is 5.30. The fourth-order valence-electron chi connectivity index (χ4n) is 0.941. The highest BCUT2D eigenvalue weighted by Gasteiger charge is 2.15. The minimum absolute atomic E-state index is 0.00791. The number of rotatable bonds is 2. The molecule has 1 aromatic heterocycles. The van der Waals surface area contributed by atoms with E-state index in [1.54, 1.807) is 0 Å². The van der Waals surface area contributed by atoms with Gasteiger partial charge in [-0.1, -0.05) is 23.4 Å². The quantitative estimate of drug-likeness (QED) is 0.347. The van der Waals surface area contributed by atoms with E-state index in [2.05, 4.69) is 16.8 Å². The summed E-state index contributed by atoms with van der Waals surface area (Å²) in [6, 6.07) is 1.16. The fraction of sp³-hybridized carbons (Fsp3) is 0.222. The highest BCUT2D eigenvalue weighted by molar-refractivity contribution is 6.30. The SMILES string of the molecule is Nc1nc(Cl)c(C#CCCO)cc1[N+](=O)[O-]. The summed E-state index contributed by atoms with van der Waals surface area (Å²) < 4.78 is 0. The van der Waals surface area contributed by atoms with Crippen LogP contribution in [0.5, 0.6) is 0 Å². The summed E-state index contributed by atoms with van der Waals surface area (Å²) in [4.78, 5) is 13.5. The van der Waals surface area contributed by atoms with E-state index in [9.17, 15) is 10.1 Å². The second-order valence-electron chi connectivity index (χ2n) is 2.76. The first-order valence-electron chi connectivity index (χ1n) is 4.26. The molecule has 0 saturated heterocycles. The molecule has 0 aliphatic carbocycles. The lowest BCUT2D eigenvalue weighted by molar-refractivity contribution is -0.384. The van der Waals surface area contributed by atoms with Crippen molar-refractivity contribution in [3.05, 3.63) is 26.9 Å². The summed E-state index contributed by atoms with van der Waals surface area (Å²) in [6.07, 6.45) is 0.258. The third-order valence-electron chi connectivity index (χ3n) is 1.64. The van der Waals surface area contributed by atoms with Gasteiger partial charge in [-0.3, -0.25) is 10.1 Å². The van der Waals surface area contributed by atoms with Gasteiger partial charge in [0.1, 0.15) is 5.15 Å². The normalized spacial score (nSPS) is 9.38. The monoisotopic (exact) mass is 241 g/mol. The van der Waals surface area contributed by atoms with Crippen LogP contribution in [0.1, 0.15) is 12.0 Å². The van der Waals surface area contributed by atoms with Crippen molar-refractivity contribution in [2.24, 2.45) is 0 Å². The topological polar surface area (TPSA) is 102 Å². The van der Waals surface area contributed by atoms with E-state index in [4.69, 9.17) is 22.4 Å². The van der Waals surface area contributed by atoms with E-state index >= 15 is 0 Å². The van der Waals surface area contributed by atoms with Crippen LogP contribution in [0.2, 0.25) is 5.15 Å². The van der Waals surface area contributed by atoms with Crippen molar-refractivity contribution in [3.8, 4) is 11.8 Å². The van der Waals surface area contributed by atoms with Crippen LogP contribution in [0.3, 0.4) is 0 Å². The van der Waals surface area contributed by atoms with Crippen LogP contribution in [0.4, 0.5) is 11.5 Å². The second-order valence-corrected chi connectivity index (χ2v) is 3.12. The van der Waals surface area contributed by atoms with Gasteiger partial charge < -0.3 is 10.8 Å². The van der Waals surface area contributed by atoms with Crippen LogP contribution >= 0.6 is 11.6 Å². The number of halogens is 1. The summed E-state index contributed by atoms with van der Waals surface area (Å²) in [5.41, 5.74) is 5.20. The Balaban J connectivity index is 3.16. The maximum absolute atomic E-state index is 10.6. The summed E-state index contributed by atoms with van der Waals surface area (Å²) in [5.74, 6) is 4.91. The Morgan fingerprint density at radius 3 is 2.94 bits per heavy atom. The molecule has 0 saturated carbocycles. The Bertz CT molecular complexity index is 479. The molecule has 16 heavy (non-hydrogen) atoms. The van der Waals surface area contributed by atoms with Crippen LogP contribution in [-0.4, -0.2) is 21.6 Å². The minimum Gasteiger partial charge on any atom is -0.395 e. The summed E-state index contributed by atoms with van der Waals surface area (Å²) in [6.45, 7) is -0.0882. The lowest BCUT2D eigenvalue weighted by Crippen LogP contribution is -2.00. The molecule has 1 heterocycles. The van der Waals surface area contributed by atoms with Gasteiger partial charge >= 0.3 is 5.69 Å². The van der Waals surface area contributed by atoms with E-state index in [1.165, 1.54) is 0 Å². The molecular weight excluding hydrogens is 234 g/mol. The van der Waals surface area contributed by atoms with Crippen LogP contribution in [-0.2, 0) is 0 Å². The number of nitrogen functional groups attached to an aromatic ring is 1. The Hall–Kier alpha value is -1.84. The third-order valence-corrected chi connectivity index (χ3v) is 1.93. The third kappa shape index (κ3) is 2.82. The lowest BCUT2D eigenvalue weighted by atomic mass is 10.2. The van der Waals surface area contributed by atoms with Crippen LogP contribution in [0, 0.1) is 22.0 Å². The molecule has 0 radical (unpaired) electrons. The van der Waals surface area contributed by atoms with Gasteiger partial charge in [0.05, 0.1) is 17.1 Å². The average Bonchev–Trinajstić information content (AvgIpc) is 2.21. The van der Waals surface area contributed by atoms with Crippen molar-refractivity contribution in [2.45, 2.75) is 6.42 Å². The number of aliphatic hydroxyl groups excluding tert-OH is 1. The number of anilines is 1. The predicted octanol–water partition coefficient (Wildman–Crippen LogP) is 0.959. The molecule has 1 aromatic rings. The minimum atomic E-state index is -0.657. The van der Waals surface area contributed by atoms with Crippen molar-refractivity contribution in [2.75, 3.05) is 12.3 Å². The highest BCUT2D eigenvalue weighted by atomic mass is 35.5. The zero-order valence-electron chi connectivity index (χ0n) is 8.11. The van der Waals surface area contributed by atoms with Gasteiger partial charge in [0, 0.05) is 12.5 Å². The molecule has 3 N–H and O–H groups in total. The number of nitrogens with zero attached hydrogens (tertiary/aromatic N) is 2. The van der Waals surface area contributed by atoms with Crippen molar-refractivity contribution >= 4 is 23.1 Å². The van der Waals surface area contributed by atoms with Gasteiger partial charge in [-0.2, -0.15) is 0 Å². The molecule has 0 aliphatic rings. The number of aromatic nitrogens is 1. The number of nitro groups is 1. The van der Waals surface area contributed by atoms with Crippen molar-refractivity contribution in [1.82, 2.24) is 4.98 Å². The van der Waals surface area contributed by atoms with Gasteiger partial charge in [-0.15, -0.1) is 0 Å². The molecule has 0 amide bonds. The Morgan fingerprint density at radius 1 is 1.69 bits per heavy atom. The average molecular weight is 242 g/mol. The van der Waals surface area contributed by atoms with Gasteiger partial charge in [0.15, 0.2) is 0 Å². The predicted molar refractivity (Wildman–Crippen MR) is 58.9 cm³/mol. The molecule has 0 aliphatic heterocycles. The van der Waals surface area contributed by atoms with E-state index in [0.717, 1.165) is 6.07 Å². The van der Waals surface area contributed by atoms with Gasteiger partial charge in [-0.25, -0.2) is 4.98 Å². The van der Waals surface area contributed by atoms with Gasteiger partial charge in [0.2, 0.25) is 5.82 Å². The van der Waals surface area contributed by atoms with Gasteiger partial charge in [0.25, 0.3) is 0 Å². The standard InChI is InChI=1S/C9H8ClN3O3/c10-8-6(3-1-2-4-14)5-7(13(15)16)9(11)12-8/h5,14H,2,4H2,(H2,11,12). The Kier molecular flexibility index (Phi) is 4.05. The van der Waals surface area contributed by atoms with Crippen molar-refractivity contribution in [1.29, 1.82) is 0 Å². The van der Waals surface area contributed by atoms with Crippen molar-refractivity contribution in [3.63, 3.8) is 0 Å². The summed E-state index contributed by atoms with van der Waals surface area (Å²) in [5, 5.41) is 19.1. The highest BCUT2D eigenvalue weighted by Crippen LogP contribution is 2.24. The number of nitrogens with two attached hydrogens (primary N) is 1. The van der Waals surface area contributed by atoms with Crippen LogP contribution in [0.25, 0.3) is 0 Å². The van der Waals surface area contributed by atoms with E-state index in [-0.39, 0.29) is 35.2 Å². The number of hydrogen-bond donors (Lipinski definition) is 2. The number of hydrogen-bond acceptors (Lipinski definition) is 5. The molecule has 1 rings (SSSR count). The molecule has 84 valence electrons. The van der Waals surface area contributed by atoms with Gasteiger partial charge in [-0.05, 0) is 0 Å². The van der Waals surface area contributed by atoms with Crippen LogP contribution < -0.4 is 5.73 Å². The summed E-state index contributed by atoms with van der Waals surface area (Å²) >= 11 is 5.71. The number of aliphatic hydroxyl groups is 1. The van der Waals surface area contributed by atoms with E-state index < -0.39 is 4.92 Å². The Morgan fingerprint density at radius 2 is 2.38 bits per heavy atom. The molecule has 0 aromatic carbocycles. The molecule has 0 unspecified atom stereocenters. The molecule has 0 bridgehead atoms. The zero-order chi connectivity index (χ0) is 12.1. The van der Waals surface area contributed by atoms with Crippen LogP contribution in [0.15, 0.2) is 6.07 Å². The largest absolute Gasteiger partial charge is 0.395 e. The molecule has 0 atom stereocenters. The first-order valence-corrected chi connectivity index (χ1v) is 4.64. The number of pyridine rings is 1. The molecule has 6 nitrogen and oxygen atoms in total. The van der Waals surface area contributed by atoms with E-state index in [0.29, 0.717) is 0 Å². The lowest BCUT2D eigenvalue weighted by Gasteiger charge is -1.99.